The van der Waals surface area contributed by atoms with Crippen molar-refractivity contribution in [3.05, 3.63) is 17.5 Å². The third-order valence-corrected chi connectivity index (χ3v) is 3.64. The van der Waals surface area contributed by atoms with Gasteiger partial charge in [-0.2, -0.15) is 5.10 Å². The van der Waals surface area contributed by atoms with Crippen molar-refractivity contribution < 1.29 is 14.3 Å². The summed E-state index contributed by atoms with van der Waals surface area (Å²) >= 11 is 0. The van der Waals surface area contributed by atoms with Gasteiger partial charge in [0.05, 0.1) is 18.7 Å². The average Bonchev–Trinajstić information content (AvgIpc) is 3.22. The standard InChI is InChI=1S/C16H26N4O3/c1-16(2,3)20-13(11-5-6-11)9-12(19-20)15(22)18-10-14(21)17-7-8-23-4/h9,11H,5-8,10H2,1-4H3,(H,17,21)(H,18,22). The normalized spacial score (nSPS) is 14.6. The van der Waals surface area contributed by atoms with Crippen molar-refractivity contribution >= 4 is 11.8 Å². The van der Waals surface area contributed by atoms with Crippen LogP contribution in [0.3, 0.4) is 0 Å². The van der Waals surface area contributed by atoms with Gasteiger partial charge in [-0.25, -0.2) is 0 Å². The minimum atomic E-state index is -0.322. The molecule has 0 radical (unpaired) electrons. The first kappa shape index (κ1) is 17.5. The van der Waals surface area contributed by atoms with Gasteiger partial charge in [-0.05, 0) is 39.7 Å². The average molecular weight is 322 g/mol. The van der Waals surface area contributed by atoms with Gasteiger partial charge in [0.2, 0.25) is 5.91 Å². The Morgan fingerprint density at radius 1 is 1.35 bits per heavy atom. The fraction of sp³-hybridized carbons (Fsp3) is 0.688. The van der Waals surface area contributed by atoms with E-state index in [9.17, 15) is 9.59 Å². The SMILES string of the molecule is COCCNC(=O)CNC(=O)c1cc(C2CC2)n(C(C)(C)C)n1. The number of methoxy groups -OCH3 is 1. The van der Waals surface area contributed by atoms with Gasteiger partial charge in [0, 0.05) is 25.3 Å². The van der Waals surface area contributed by atoms with Crippen LogP contribution in [0.15, 0.2) is 6.07 Å². The molecule has 1 aromatic heterocycles. The summed E-state index contributed by atoms with van der Waals surface area (Å²) in [6.07, 6.45) is 2.29. The zero-order chi connectivity index (χ0) is 17.0. The highest BCUT2D eigenvalue weighted by Crippen LogP contribution is 2.41. The van der Waals surface area contributed by atoms with Crippen LogP contribution >= 0.6 is 0 Å². The molecule has 1 aliphatic rings. The number of ether oxygens (including phenoxy) is 1. The molecule has 0 unspecified atom stereocenters. The molecule has 0 atom stereocenters. The number of amides is 2. The molecular weight excluding hydrogens is 296 g/mol. The highest BCUT2D eigenvalue weighted by Gasteiger charge is 2.32. The minimum absolute atomic E-state index is 0.0658. The van der Waals surface area contributed by atoms with E-state index in [1.807, 2.05) is 10.7 Å². The maximum absolute atomic E-state index is 12.2. The first-order valence-electron chi connectivity index (χ1n) is 7.97. The summed E-state index contributed by atoms with van der Waals surface area (Å²) < 4.78 is 6.78. The Morgan fingerprint density at radius 3 is 2.61 bits per heavy atom. The second-order valence-corrected chi connectivity index (χ2v) is 6.84. The van der Waals surface area contributed by atoms with Crippen molar-refractivity contribution in [3.8, 4) is 0 Å². The van der Waals surface area contributed by atoms with E-state index in [-0.39, 0.29) is 23.9 Å². The third-order valence-electron chi connectivity index (χ3n) is 3.64. The predicted molar refractivity (Wildman–Crippen MR) is 86.4 cm³/mol. The molecule has 128 valence electrons. The summed E-state index contributed by atoms with van der Waals surface area (Å²) in [5.74, 6) is -0.0644. The topological polar surface area (TPSA) is 85.3 Å². The summed E-state index contributed by atoms with van der Waals surface area (Å²) in [4.78, 5) is 23.8. The smallest absolute Gasteiger partial charge is 0.272 e. The molecule has 1 aromatic rings. The highest BCUT2D eigenvalue weighted by molar-refractivity contribution is 5.95. The first-order chi connectivity index (χ1) is 10.8. The first-order valence-corrected chi connectivity index (χ1v) is 7.97. The molecule has 23 heavy (non-hydrogen) atoms. The van der Waals surface area contributed by atoms with E-state index in [0.717, 1.165) is 18.5 Å². The van der Waals surface area contributed by atoms with Gasteiger partial charge in [0.25, 0.3) is 5.91 Å². The Kier molecular flexibility index (Phi) is 5.41. The zero-order valence-corrected chi connectivity index (χ0v) is 14.3. The number of aromatic nitrogens is 2. The molecular formula is C16H26N4O3. The van der Waals surface area contributed by atoms with Gasteiger partial charge in [-0.1, -0.05) is 0 Å². The Morgan fingerprint density at radius 2 is 2.04 bits per heavy atom. The Bertz CT molecular complexity index is 570. The monoisotopic (exact) mass is 322 g/mol. The number of carbonyl (C=O) groups excluding carboxylic acids is 2. The van der Waals surface area contributed by atoms with Crippen LogP contribution in [-0.4, -0.2) is 48.4 Å². The number of carbonyl (C=O) groups is 2. The lowest BCUT2D eigenvalue weighted by atomic mass is 10.1. The lowest BCUT2D eigenvalue weighted by Crippen LogP contribution is -2.38. The quantitative estimate of drug-likeness (QED) is 0.734. The fourth-order valence-electron chi connectivity index (χ4n) is 2.32. The second kappa shape index (κ2) is 7.12. The van der Waals surface area contributed by atoms with Crippen LogP contribution in [0, 0.1) is 0 Å². The van der Waals surface area contributed by atoms with Gasteiger partial charge < -0.3 is 15.4 Å². The lowest BCUT2D eigenvalue weighted by Gasteiger charge is -2.22. The molecule has 0 aliphatic heterocycles. The summed E-state index contributed by atoms with van der Waals surface area (Å²) in [5.41, 5.74) is 1.30. The van der Waals surface area contributed by atoms with Crippen LogP contribution in [0.5, 0.6) is 0 Å². The molecule has 0 bridgehead atoms. The third kappa shape index (κ3) is 4.79. The molecule has 7 nitrogen and oxygen atoms in total. The Hall–Kier alpha value is -1.89. The molecule has 7 heteroatoms. The summed E-state index contributed by atoms with van der Waals surface area (Å²) in [6, 6.07) is 1.85. The maximum Gasteiger partial charge on any atom is 0.272 e. The molecule has 2 amide bonds. The maximum atomic E-state index is 12.2. The van der Waals surface area contributed by atoms with Gasteiger partial charge in [0.1, 0.15) is 5.69 Å². The number of nitrogens with one attached hydrogen (secondary N) is 2. The van der Waals surface area contributed by atoms with Gasteiger partial charge in [0.15, 0.2) is 0 Å². The summed E-state index contributed by atoms with van der Waals surface area (Å²) in [5, 5.41) is 9.71. The number of hydrogen-bond donors (Lipinski definition) is 2. The van der Waals surface area contributed by atoms with E-state index < -0.39 is 0 Å². The number of hydrogen-bond acceptors (Lipinski definition) is 4. The van der Waals surface area contributed by atoms with E-state index in [1.165, 1.54) is 0 Å². The summed E-state index contributed by atoms with van der Waals surface area (Å²) in [6.45, 7) is 7.00. The molecule has 2 N–H and O–H groups in total. The van der Waals surface area contributed by atoms with Crippen LogP contribution < -0.4 is 10.6 Å². The summed E-state index contributed by atoms with van der Waals surface area (Å²) in [7, 11) is 1.57. The number of rotatable bonds is 7. The van der Waals surface area contributed by atoms with E-state index in [2.05, 4.69) is 36.5 Å². The fourth-order valence-corrected chi connectivity index (χ4v) is 2.32. The van der Waals surface area contributed by atoms with E-state index in [4.69, 9.17) is 4.74 Å². The molecule has 1 heterocycles. The van der Waals surface area contributed by atoms with Crippen LogP contribution in [0.4, 0.5) is 0 Å². The second-order valence-electron chi connectivity index (χ2n) is 6.84. The van der Waals surface area contributed by atoms with E-state index in [1.54, 1.807) is 7.11 Å². The largest absolute Gasteiger partial charge is 0.383 e. The molecule has 1 fully saturated rings. The predicted octanol–water partition coefficient (Wildman–Crippen LogP) is 1.01. The van der Waals surface area contributed by atoms with Crippen molar-refractivity contribution in [3.63, 3.8) is 0 Å². The van der Waals surface area contributed by atoms with Gasteiger partial charge in [-0.3, -0.25) is 14.3 Å². The van der Waals surface area contributed by atoms with E-state index in [0.29, 0.717) is 24.8 Å². The van der Waals surface area contributed by atoms with Gasteiger partial charge in [-0.15, -0.1) is 0 Å². The molecule has 2 rings (SSSR count). The van der Waals surface area contributed by atoms with E-state index >= 15 is 0 Å². The van der Waals surface area contributed by atoms with Crippen LogP contribution in [0.2, 0.25) is 0 Å². The molecule has 0 aromatic carbocycles. The highest BCUT2D eigenvalue weighted by atomic mass is 16.5. The zero-order valence-electron chi connectivity index (χ0n) is 14.3. The Labute approximate surface area is 136 Å². The van der Waals surface area contributed by atoms with Crippen molar-refractivity contribution in [1.82, 2.24) is 20.4 Å². The van der Waals surface area contributed by atoms with Crippen LogP contribution in [-0.2, 0) is 15.1 Å². The molecule has 0 saturated heterocycles. The van der Waals surface area contributed by atoms with Crippen molar-refractivity contribution in [1.29, 1.82) is 0 Å². The minimum Gasteiger partial charge on any atom is -0.383 e. The lowest BCUT2D eigenvalue weighted by molar-refractivity contribution is -0.120. The number of nitrogens with zero attached hydrogens (tertiary/aromatic N) is 2. The van der Waals surface area contributed by atoms with Crippen molar-refractivity contribution in [2.24, 2.45) is 0 Å². The van der Waals surface area contributed by atoms with Crippen molar-refractivity contribution in [2.45, 2.75) is 45.1 Å². The van der Waals surface area contributed by atoms with Crippen LogP contribution in [0.25, 0.3) is 0 Å². The molecule has 1 saturated carbocycles. The van der Waals surface area contributed by atoms with Gasteiger partial charge >= 0.3 is 0 Å². The van der Waals surface area contributed by atoms with Crippen LogP contribution in [0.1, 0.15) is 55.7 Å². The molecule has 0 spiro atoms. The van der Waals surface area contributed by atoms with Crippen molar-refractivity contribution in [2.75, 3.05) is 26.8 Å². The Balaban J connectivity index is 1.96. The molecule has 1 aliphatic carbocycles.